The molecule has 0 bridgehead atoms. The van der Waals surface area contributed by atoms with Crippen LogP contribution in [0, 0.1) is 12.8 Å². The Morgan fingerprint density at radius 3 is 2.18 bits per heavy atom. The van der Waals surface area contributed by atoms with Crippen LogP contribution in [0.4, 0.5) is 4.79 Å². The number of rotatable bonds is 8. The van der Waals surface area contributed by atoms with E-state index >= 15 is 0 Å². The molecule has 0 heterocycles. The molecule has 39 heavy (non-hydrogen) atoms. The van der Waals surface area contributed by atoms with Gasteiger partial charge >= 0.3 is 6.09 Å². The van der Waals surface area contributed by atoms with Crippen molar-refractivity contribution in [2.75, 3.05) is 0 Å². The summed E-state index contributed by atoms with van der Waals surface area (Å²) in [6.45, 7) is 14.6. The molecule has 3 rings (SSSR count). The van der Waals surface area contributed by atoms with Gasteiger partial charge in [0.25, 0.3) is 0 Å². The molecular formula is C31H43N3O5. The van der Waals surface area contributed by atoms with E-state index in [0.29, 0.717) is 17.5 Å². The summed E-state index contributed by atoms with van der Waals surface area (Å²) in [5.41, 5.74) is 0.476. The molecule has 0 radical (unpaired) electrons. The summed E-state index contributed by atoms with van der Waals surface area (Å²) in [6.07, 6.45) is 0.209. The van der Waals surface area contributed by atoms with Crippen molar-refractivity contribution in [3.05, 3.63) is 65.2 Å². The number of para-hydroxylation sites is 1. The summed E-state index contributed by atoms with van der Waals surface area (Å²) in [6, 6.07) is 12.3. The van der Waals surface area contributed by atoms with Crippen LogP contribution in [-0.4, -0.2) is 51.1 Å². The molecule has 4 unspecified atom stereocenters. The van der Waals surface area contributed by atoms with Gasteiger partial charge in [-0.1, -0.05) is 55.5 Å². The zero-order valence-corrected chi connectivity index (χ0v) is 24.4. The summed E-state index contributed by atoms with van der Waals surface area (Å²) in [4.78, 5) is 42.8. The van der Waals surface area contributed by atoms with Crippen LogP contribution in [0.5, 0.6) is 5.75 Å². The summed E-state index contributed by atoms with van der Waals surface area (Å²) < 4.78 is 5.49. The van der Waals surface area contributed by atoms with E-state index in [1.165, 1.54) is 0 Å². The van der Waals surface area contributed by atoms with Gasteiger partial charge in [0.05, 0.1) is 0 Å². The molecule has 1 aliphatic carbocycles. The highest BCUT2D eigenvalue weighted by atomic mass is 16.6. The van der Waals surface area contributed by atoms with Crippen LogP contribution >= 0.6 is 0 Å². The van der Waals surface area contributed by atoms with Crippen molar-refractivity contribution in [2.24, 2.45) is 5.92 Å². The number of hydrogen-bond acceptors (Lipinski definition) is 5. The Balaban J connectivity index is 2.09. The normalized spacial score (nSPS) is 18.5. The third-order valence-corrected chi connectivity index (χ3v) is 6.54. The Bertz CT molecular complexity index is 1180. The van der Waals surface area contributed by atoms with Crippen molar-refractivity contribution in [3.8, 4) is 5.75 Å². The Hall–Kier alpha value is -3.55. The predicted octanol–water partition coefficient (Wildman–Crippen LogP) is 5.03. The number of alkyl carbamates (subject to hydrolysis) is 1. The first kappa shape index (κ1) is 30.0. The number of phenolic OH excluding ortho intramolecular Hbond substituents is 1. The number of aromatic hydroxyl groups is 1. The van der Waals surface area contributed by atoms with E-state index in [2.05, 4.69) is 10.6 Å². The van der Waals surface area contributed by atoms with Crippen molar-refractivity contribution in [1.29, 1.82) is 0 Å². The number of hydrogen-bond donors (Lipinski definition) is 3. The second-order valence-electron chi connectivity index (χ2n) is 12.6. The van der Waals surface area contributed by atoms with Gasteiger partial charge < -0.3 is 25.4 Å². The number of nitrogens with zero attached hydrogens (tertiary/aromatic N) is 1. The molecular weight excluding hydrogens is 494 g/mol. The lowest BCUT2D eigenvalue weighted by molar-refractivity contribution is -0.144. The molecule has 212 valence electrons. The van der Waals surface area contributed by atoms with E-state index in [0.717, 1.165) is 5.56 Å². The summed E-state index contributed by atoms with van der Waals surface area (Å²) >= 11 is 0. The quantitative estimate of drug-likeness (QED) is 0.438. The highest BCUT2D eigenvalue weighted by Crippen LogP contribution is 2.43. The van der Waals surface area contributed by atoms with Gasteiger partial charge in [0.2, 0.25) is 11.8 Å². The van der Waals surface area contributed by atoms with E-state index < -0.39 is 41.1 Å². The monoisotopic (exact) mass is 537 g/mol. The molecule has 0 spiro atoms. The van der Waals surface area contributed by atoms with E-state index in [9.17, 15) is 19.5 Å². The minimum Gasteiger partial charge on any atom is -0.507 e. The Labute approximate surface area is 232 Å². The fourth-order valence-electron chi connectivity index (χ4n) is 4.61. The van der Waals surface area contributed by atoms with Crippen molar-refractivity contribution in [2.45, 2.75) is 97.5 Å². The zero-order valence-electron chi connectivity index (χ0n) is 24.4. The maximum atomic E-state index is 14.5. The van der Waals surface area contributed by atoms with Gasteiger partial charge in [-0.3, -0.25) is 9.59 Å². The van der Waals surface area contributed by atoms with Crippen LogP contribution in [0.25, 0.3) is 0 Å². The highest BCUT2D eigenvalue weighted by Gasteiger charge is 2.49. The average Bonchev–Trinajstić information content (AvgIpc) is 3.52. The maximum absolute atomic E-state index is 14.5. The number of phenols is 1. The lowest BCUT2D eigenvalue weighted by Crippen LogP contribution is -2.56. The maximum Gasteiger partial charge on any atom is 0.408 e. The fourth-order valence-corrected chi connectivity index (χ4v) is 4.61. The van der Waals surface area contributed by atoms with Crippen LogP contribution in [0.15, 0.2) is 48.5 Å². The number of nitrogens with one attached hydrogen (secondary N) is 2. The fraction of sp³-hybridized carbons (Fsp3) is 0.516. The average molecular weight is 538 g/mol. The topological polar surface area (TPSA) is 108 Å². The Kier molecular flexibility index (Phi) is 8.98. The number of carbonyl (C=O) groups is 3. The Morgan fingerprint density at radius 1 is 1.03 bits per heavy atom. The SMILES string of the molecule is Cc1cccc(C(C(=O)NC(C)(C)C)N(C(=O)C(Cc2ccccc2)NC(=O)OC(C)(C)C)C2CC2C)c1O. The number of benzene rings is 2. The lowest BCUT2D eigenvalue weighted by Gasteiger charge is -2.37. The van der Waals surface area contributed by atoms with Gasteiger partial charge in [-0.2, -0.15) is 0 Å². The van der Waals surface area contributed by atoms with Gasteiger partial charge in [0, 0.05) is 23.6 Å². The van der Waals surface area contributed by atoms with Gasteiger partial charge in [-0.25, -0.2) is 4.79 Å². The molecule has 0 aliphatic heterocycles. The van der Waals surface area contributed by atoms with E-state index in [1.807, 2.05) is 58.0 Å². The molecule has 8 heteroatoms. The molecule has 1 aliphatic rings. The van der Waals surface area contributed by atoms with Crippen molar-refractivity contribution in [3.63, 3.8) is 0 Å². The van der Waals surface area contributed by atoms with E-state index in [1.54, 1.807) is 50.8 Å². The third kappa shape index (κ3) is 8.22. The molecule has 1 saturated carbocycles. The molecule has 2 aromatic carbocycles. The largest absolute Gasteiger partial charge is 0.507 e. The van der Waals surface area contributed by atoms with Gasteiger partial charge in [0.1, 0.15) is 23.4 Å². The van der Waals surface area contributed by atoms with Crippen molar-refractivity contribution >= 4 is 17.9 Å². The van der Waals surface area contributed by atoms with Crippen LogP contribution < -0.4 is 10.6 Å². The number of aryl methyl sites for hydroxylation is 1. The summed E-state index contributed by atoms with van der Waals surface area (Å²) in [5.74, 6) is -0.678. The Morgan fingerprint density at radius 2 is 1.64 bits per heavy atom. The molecule has 2 aromatic rings. The second kappa shape index (κ2) is 11.7. The first-order valence-electron chi connectivity index (χ1n) is 13.5. The van der Waals surface area contributed by atoms with E-state index in [4.69, 9.17) is 4.74 Å². The smallest absolute Gasteiger partial charge is 0.408 e. The summed E-state index contributed by atoms with van der Waals surface area (Å²) in [5, 5.41) is 16.8. The molecule has 0 saturated heterocycles. The second-order valence-corrected chi connectivity index (χ2v) is 12.6. The third-order valence-electron chi connectivity index (χ3n) is 6.54. The number of amides is 3. The summed E-state index contributed by atoms with van der Waals surface area (Å²) in [7, 11) is 0. The van der Waals surface area contributed by atoms with Gasteiger partial charge in [-0.05, 0) is 71.9 Å². The zero-order chi connectivity index (χ0) is 29.1. The molecule has 0 aromatic heterocycles. The first-order valence-corrected chi connectivity index (χ1v) is 13.5. The van der Waals surface area contributed by atoms with Crippen LogP contribution in [0.1, 0.15) is 77.6 Å². The van der Waals surface area contributed by atoms with Crippen molar-refractivity contribution in [1.82, 2.24) is 15.5 Å². The number of ether oxygens (including phenoxy) is 1. The van der Waals surface area contributed by atoms with Crippen LogP contribution in [-0.2, 0) is 20.7 Å². The van der Waals surface area contributed by atoms with Crippen molar-refractivity contribution < 1.29 is 24.2 Å². The van der Waals surface area contributed by atoms with Gasteiger partial charge in [0.15, 0.2) is 0 Å². The molecule has 3 N–H and O–H groups in total. The molecule has 1 fully saturated rings. The standard InChI is InChI=1S/C31H43N3O5/c1-19-13-12-16-22(26(19)35)25(27(36)33-30(3,4)5)34(24-17-20(24)2)28(37)23(18-21-14-10-9-11-15-21)32-29(38)39-31(6,7)8/h9-16,20,23-25,35H,17-18H2,1-8H3,(H,32,38)(H,33,36). The van der Waals surface area contributed by atoms with Crippen LogP contribution in [0.3, 0.4) is 0 Å². The molecule has 3 amide bonds. The van der Waals surface area contributed by atoms with Gasteiger partial charge in [-0.15, -0.1) is 0 Å². The minimum absolute atomic E-state index is 0.0302. The molecule has 8 nitrogen and oxygen atoms in total. The first-order chi connectivity index (χ1) is 18.1. The number of carbonyl (C=O) groups excluding carboxylic acids is 3. The predicted molar refractivity (Wildman–Crippen MR) is 151 cm³/mol. The van der Waals surface area contributed by atoms with Crippen LogP contribution in [0.2, 0.25) is 0 Å². The highest BCUT2D eigenvalue weighted by molar-refractivity contribution is 5.93. The lowest BCUT2D eigenvalue weighted by atomic mass is 9.96. The van der Waals surface area contributed by atoms with E-state index in [-0.39, 0.29) is 24.1 Å². The minimum atomic E-state index is -1.09. The molecule has 4 atom stereocenters.